The second kappa shape index (κ2) is 3.23. The molecule has 0 N–H and O–H groups in total. The van der Waals surface area contributed by atoms with Crippen molar-refractivity contribution in [3.05, 3.63) is 11.6 Å². The summed E-state index contributed by atoms with van der Waals surface area (Å²) < 4.78 is 5.38. The minimum absolute atomic E-state index is 0.180. The van der Waals surface area contributed by atoms with Crippen LogP contribution in [0, 0.1) is 0 Å². The zero-order valence-corrected chi connectivity index (χ0v) is 7.16. The molecule has 0 aromatic carbocycles. The van der Waals surface area contributed by atoms with Crippen molar-refractivity contribution in [2.45, 2.75) is 25.4 Å². The number of aromatic nitrogens is 3. The van der Waals surface area contributed by atoms with Gasteiger partial charge in [-0.2, -0.15) is 9.97 Å². The summed E-state index contributed by atoms with van der Waals surface area (Å²) in [4.78, 5) is 11.3. The highest BCUT2D eigenvalue weighted by molar-refractivity contribution is 6.28. The van der Waals surface area contributed by atoms with E-state index in [2.05, 4.69) is 15.0 Å². The minimum Gasteiger partial charge on any atom is -0.460 e. The van der Waals surface area contributed by atoms with E-state index in [0.717, 1.165) is 12.8 Å². The average Bonchev–Trinajstić information content (AvgIpc) is 1.97. The molecule has 1 heterocycles. The average molecular weight is 186 g/mol. The summed E-state index contributed by atoms with van der Waals surface area (Å²) in [6.45, 7) is 0. The molecule has 1 saturated carbocycles. The summed E-state index contributed by atoms with van der Waals surface area (Å²) in [6, 6.07) is 0.333. The first-order valence-corrected chi connectivity index (χ1v) is 4.23. The van der Waals surface area contributed by atoms with Gasteiger partial charge in [0.25, 0.3) is 0 Å². The SMILES string of the molecule is Clc1ncnc(OC2CCC2)n1. The summed E-state index contributed by atoms with van der Waals surface area (Å²) in [5.41, 5.74) is 0. The first-order valence-electron chi connectivity index (χ1n) is 3.86. The van der Waals surface area contributed by atoms with Crippen LogP contribution in [0.4, 0.5) is 0 Å². The van der Waals surface area contributed by atoms with Gasteiger partial charge < -0.3 is 4.74 Å². The van der Waals surface area contributed by atoms with Gasteiger partial charge in [-0.1, -0.05) is 0 Å². The van der Waals surface area contributed by atoms with Crippen LogP contribution >= 0.6 is 11.6 Å². The van der Waals surface area contributed by atoms with Gasteiger partial charge in [0, 0.05) is 0 Å². The van der Waals surface area contributed by atoms with Crippen LogP contribution in [0.15, 0.2) is 6.33 Å². The molecule has 0 bridgehead atoms. The lowest BCUT2D eigenvalue weighted by atomic mass is 9.96. The Kier molecular flexibility index (Phi) is 2.08. The quantitative estimate of drug-likeness (QED) is 0.700. The molecule has 1 fully saturated rings. The van der Waals surface area contributed by atoms with Crippen molar-refractivity contribution >= 4 is 11.6 Å². The number of hydrogen-bond acceptors (Lipinski definition) is 4. The minimum atomic E-state index is 0.180. The summed E-state index contributed by atoms with van der Waals surface area (Å²) in [6.07, 6.45) is 5.03. The van der Waals surface area contributed by atoms with Gasteiger partial charge in [0.2, 0.25) is 5.28 Å². The molecule has 4 nitrogen and oxygen atoms in total. The molecular formula is C7H8ClN3O. The maximum Gasteiger partial charge on any atom is 0.320 e. The van der Waals surface area contributed by atoms with Crippen LogP contribution in [-0.4, -0.2) is 21.1 Å². The first-order chi connectivity index (χ1) is 5.84. The number of rotatable bonds is 2. The number of hydrogen-bond donors (Lipinski definition) is 0. The molecule has 1 aliphatic rings. The third-order valence-electron chi connectivity index (χ3n) is 1.84. The highest BCUT2D eigenvalue weighted by atomic mass is 35.5. The second-order valence-electron chi connectivity index (χ2n) is 2.71. The third-order valence-corrected chi connectivity index (χ3v) is 2.03. The lowest BCUT2D eigenvalue weighted by Crippen LogP contribution is -2.25. The smallest absolute Gasteiger partial charge is 0.320 e. The van der Waals surface area contributed by atoms with E-state index in [1.165, 1.54) is 12.7 Å². The van der Waals surface area contributed by atoms with Crippen LogP contribution in [0.5, 0.6) is 6.01 Å². The van der Waals surface area contributed by atoms with Crippen LogP contribution in [0.3, 0.4) is 0 Å². The van der Waals surface area contributed by atoms with Crippen LogP contribution in [0.25, 0.3) is 0 Å². The predicted molar refractivity (Wildman–Crippen MR) is 43.1 cm³/mol. The lowest BCUT2D eigenvalue weighted by Gasteiger charge is -2.24. The van der Waals surface area contributed by atoms with Crippen LogP contribution in [0.1, 0.15) is 19.3 Å². The zero-order chi connectivity index (χ0) is 8.39. The van der Waals surface area contributed by atoms with Crippen molar-refractivity contribution in [3.63, 3.8) is 0 Å². The lowest BCUT2D eigenvalue weighted by molar-refractivity contribution is 0.108. The molecule has 0 spiro atoms. The van der Waals surface area contributed by atoms with Crippen molar-refractivity contribution in [3.8, 4) is 6.01 Å². The Morgan fingerprint density at radius 1 is 1.42 bits per heavy atom. The fourth-order valence-corrected chi connectivity index (χ4v) is 1.07. The highest BCUT2D eigenvalue weighted by Crippen LogP contribution is 2.22. The Labute approximate surface area is 75.0 Å². The van der Waals surface area contributed by atoms with E-state index < -0.39 is 0 Å². The van der Waals surface area contributed by atoms with E-state index in [-0.39, 0.29) is 11.4 Å². The first kappa shape index (κ1) is 7.73. The normalized spacial score (nSPS) is 17.1. The standard InChI is InChI=1S/C7H8ClN3O/c8-6-9-4-10-7(11-6)12-5-2-1-3-5/h4-5H,1-3H2. The molecule has 0 amide bonds. The molecule has 0 radical (unpaired) electrons. The molecule has 5 heteroatoms. The van der Waals surface area contributed by atoms with Crippen LogP contribution in [-0.2, 0) is 0 Å². The Morgan fingerprint density at radius 3 is 2.83 bits per heavy atom. The van der Waals surface area contributed by atoms with Crippen molar-refractivity contribution < 1.29 is 4.74 Å². The molecular weight excluding hydrogens is 178 g/mol. The van der Waals surface area contributed by atoms with Gasteiger partial charge in [-0.15, -0.1) is 0 Å². The number of nitrogens with zero attached hydrogens (tertiary/aromatic N) is 3. The molecule has 0 saturated heterocycles. The molecule has 12 heavy (non-hydrogen) atoms. The van der Waals surface area contributed by atoms with E-state index >= 15 is 0 Å². The van der Waals surface area contributed by atoms with E-state index in [1.807, 2.05) is 0 Å². The Hall–Kier alpha value is -0.900. The van der Waals surface area contributed by atoms with Gasteiger partial charge in [0.1, 0.15) is 12.4 Å². The number of ether oxygens (including phenoxy) is 1. The Balaban J connectivity index is 2.02. The molecule has 2 rings (SSSR count). The van der Waals surface area contributed by atoms with Crippen molar-refractivity contribution in [2.24, 2.45) is 0 Å². The Bertz CT molecular complexity index is 277. The summed E-state index contributed by atoms with van der Waals surface area (Å²) in [5, 5.41) is 0.180. The summed E-state index contributed by atoms with van der Waals surface area (Å²) in [7, 11) is 0. The molecule has 0 unspecified atom stereocenters. The summed E-state index contributed by atoms with van der Waals surface area (Å²) >= 11 is 5.55. The van der Waals surface area contributed by atoms with Crippen molar-refractivity contribution in [1.29, 1.82) is 0 Å². The predicted octanol–water partition coefficient (Wildman–Crippen LogP) is 1.46. The summed E-state index contributed by atoms with van der Waals surface area (Å²) in [5.74, 6) is 0. The molecule has 64 valence electrons. The van der Waals surface area contributed by atoms with Crippen molar-refractivity contribution in [2.75, 3.05) is 0 Å². The topological polar surface area (TPSA) is 47.9 Å². The van der Waals surface area contributed by atoms with Gasteiger partial charge in [0.15, 0.2) is 0 Å². The monoisotopic (exact) mass is 185 g/mol. The van der Waals surface area contributed by atoms with E-state index in [0.29, 0.717) is 6.01 Å². The maximum absolute atomic E-state index is 5.55. The second-order valence-corrected chi connectivity index (χ2v) is 3.05. The molecule has 1 aliphatic carbocycles. The van der Waals surface area contributed by atoms with E-state index in [4.69, 9.17) is 16.3 Å². The third kappa shape index (κ3) is 1.64. The Morgan fingerprint density at radius 2 is 2.25 bits per heavy atom. The fraction of sp³-hybridized carbons (Fsp3) is 0.571. The highest BCUT2D eigenvalue weighted by Gasteiger charge is 2.20. The van der Waals surface area contributed by atoms with Gasteiger partial charge in [0.05, 0.1) is 0 Å². The van der Waals surface area contributed by atoms with E-state index in [9.17, 15) is 0 Å². The zero-order valence-electron chi connectivity index (χ0n) is 6.40. The molecule has 1 aromatic heterocycles. The van der Waals surface area contributed by atoms with Gasteiger partial charge in [-0.3, -0.25) is 0 Å². The van der Waals surface area contributed by atoms with Gasteiger partial charge in [-0.25, -0.2) is 4.98 Å². The van der Waals surface area contributed by atoms with Crippen molar-refractivity contribution in [1.82, 2.24) is 15.0 Å². The van der Waals surface area contributed by atoms with E-state index in [1.54, 1.807) is 0 Å². The van der Waals surface area contributed by atoms with Gasteiger partial charge >= 0.3 is 6.01 Å². The largest absolute Gasteiger partial charge is 0.460 e. The van der Waals surface area contributed by atoms with Gasteiger partial charge in [-0.05, 0) is 30.9 Å². The maximum atomic E-state index is 5.55. The fourth-order valence-electron chi connectivity index (χ4n) is 0.957. The van der Waals surface area contributed by atoms with Crippen LogP contribution < -0.4 is 4.74 Å². The molecule has 1 aromatic rings. The number of halogens is 1. The molecule has 0 aliphatic heterocycles. The molecule has 0 atom stereocenters. The van der Waals surface area contributed by atoms with Crippen LogP contribution in [0.2, 0.25) is 5.28 Å².